The molecule has 1 unspecified atom stereocenters. The zero-order valence-electron chi connectivity index (χ0n) is 25.3. The zero-order valence-corrected chi connectivity index (χ0v) is 25.3. The molecule has 12 nitrogen and oxygen atoms in total. The average Bonchev–Trinajstić information content (AvgIpc) is 3.53. The first kappa shape index (κ1) is 30.4. The number of fused-ring (bicyclic) bond motifs is 4. The van der Waals surface area contributed by atoms with Gasteiger partial charge in [-0.15, -0.1) is 0 Å². The maximum atomic E-state index is 15.0. The quantitative estimate of drug-likeness (QED) is 0.219. The van der Waals surface area contributed by atoms with Crippen LogP contribution in [0.4, 0.5) is 4.39 Å². The van der Waals surface area contributed by atoms with Crippen molar-refractivity contribution in [1.82, 2.24) is 30.4 Å². The van der Waals surface area contributed by atoms with Gasteiger partial charge < -0.3 is 15.2 Å². The highest BCUT2D eigenvalue weighted by molar-refractivity contribution is 6.24. The Hall–Kier alpha value is -6.24. The molecule has 6 amide bonds. The predicted molar refractivity (Wildman–Crippen MR) is 170 cm³/mol. The number of nitrogens with zero attached hydrogens (tertiary/aromatic N) is 3. The van der Waals surface area contributed by atoms with Gasteiger partial charge in [-0.25, -0.2) is 9.37 Å². The van der Waals surface area contributed by atoms with Crippen LogP contribution in [-0.4, -0.2) is 55.9 Å². The number of hydrogen-bond acceptors (Lipinski definition) is 7. The lowest BCUT2D eigenvalue weighted by atomic mass is 10.0. The van der Waals surface area contributed by atoms with Gasteiger partial charge in [-0.2, -0.15) is 0 Å². The van der Waals surface area contributed by atoms with E-state index in [4.69, 9.17) is 0 Å². The molecule has 0 aliphatic carbocycles. The highest BCUT2D eigenvalue weighted by Crippen LogP contribution is 2.29. The summed E-state index contributed by atoms with van der Waals surface area (Å²) in [5.74, 6) is -4.08. The van der Waals surface area contributed by atoms with Gasteiger partial charge in [-0.3, -0.25) is 39.0 Å². The Morgan fingerprint density at radius 1 is 0.875 bits per heavy atom. The Labute approximate surface area is 271 Å². The molecule has 0 saturated carbocycles. The number of rotatable bonds is 8. The van der Waals surface area contributed by atoms with Gasteiger partial charge in [0, 0.05) is 47.6 Å². The molecular weight excluding hydrogens is 619 g/mol. The fraction of sp³-hybridized carbons (Fsp3) is 0.171. The molecule has 3 N–H and O–H groups in total. The molecule has 1 atom stereocenters. The fourth-order valence-electron chi connectivity index (χ4n) is 6.17. The summed E-state index contributed by atoms with van der Waals surface area (Å²) in [6.07, 6.45) is 1.68. The van der Waals surface area contributed by atoms with E-state index in [0.717, 1.165) is 21.2 Å². The van der Waals surface area contributed by atoms with E-state index in [1.165, 1.54) is 30.3 Å². The molecule has 7 rings (SSSR count). The molecule has 2 aliphatic heterocycles. The van der Waals surface area contributed by atoms with Gasteiger partial charge >= 0.3 is 0 Å². The Morgan fingerprint density at radius 3 is 2.48 bits per heavy atom. The lowest BCUT2D eigenvalue weighted by molar-refractivity contribution is -0.136. The summed E-state index contributed by atoms with van der Waals surface area (Å²) in [6.45, 7) is -0.0415. The van der Waals surface area contributed by atoms with Crippen molar-refractivity contribution in [2.24, 2.45) is 0 Å². The van der Waals surface area contributed by atoms with Crippen LogP contribution in [0.1, 0.15) is 55.0 Å². The van der Waals surface area contributed by atoms with Crippen molar-refractivity contribution in [3.63, 3.8) is 0 Å². The van der Waals surface area contributed by atoms with Gasteiger partial charge in [0.15, 0.2) is 0 Å². The molecule has 5 aromatic rings. The van der Waals surface area contributed by atoms with E-state index < -0.39 is 41.4 Å². The average molecular weight is 647 g/mol. The van der Waals surface area contributed by atoms with E-state index in [1.807, 2.05) is 41.0 Å². The summed E-state index contributed by atoms with van der Waals surface area (Å²) >= 11 is 0. The summed E-state index contributed by atoms with van der Waals surface area (Å²) in [5.41, 5.74) is 2.38. The first-order valence-electron chi connectivity index (χ1n) is 15.2. The van der Waals surface area contributed by atoms with Crippen LogP contribution in [0.15, 0.2) is 79.0 Å². The third-order valence-corrected chi connectivity index (χ3v) is 8.58. The number of aromatic nitrogens is 2. The Bertz CT molecular complexity index is 2160. The van der Waals surface area contributed by atoms with Gasteiger partial charge in [0.2, 0.25) is 17.7 Å². The van der Waals surface area contributed by atoms with Crippen molar-refractivity contribution in [3.05, 3.63) is 113 Å². The molecule has 1 fully saturated rings. The number of carbonyl (C=O) groups excluding carboxylic acids is 6. The topological polar surface area (TPSA) is 160 Å². The minimum atomic E-state index is -1.12. The van der Waals surface area contributed by atoms with Gasteiger partial charge in [0.05, 0.1) is 16.6 Å². The van der Waals surface area contributed by atoms with Crippen LogP contribution in [0, 0.1) is 5.82 Å². The van der Waals surface area contributed by atoms with Crippen molar-refractivity contribution < 1.29 is 33.2 Å². The van der Waals surface area contributed by atoms with Crippen LogP contribution in [0.25, 0.3) is 21.9 Å². The van der Waals surface area contributed by atoms with Crippen LogP contribution in [0.3, 0.4) is 0 Å². The second-order valence-electron chi connectivity index (χ2n) is 11.6. The van der Waals surface area contributed by atoms with Crippen molar-refractivity contribution >= 4 is 57.4 Å². The van der Waals surface area contributed by atoms with Gasteiger partial charge in [-0.1, -0.05) is 30.3 Å². The Morgan fingerprint density at radius 2 is 1.67 bits per heavy atom. The van der Waals surface area contributed by atoms with E-state index in [9.17, 15) is 28.8 Å². The molecule has 1 saturated heterocycles. The number of pyridine rings is 1. The van der Waals surface area contributed by atoms with Gasteiger partial charge in [0.25, 0.3) is 17.7 Å². The minimum absolute atomic E-state index is 0.00873. The second kappa shape index (κ2) is 12.2. The Kier molecular flexibility index (Phi) is 7.71. The number of nitrogens with one attached hydrogen (secondary N) is 3. The van der Waals surface area contributed by atoms with Crippen LogP contribution in [-0.2, 0) is 34.0 Å². The third-order valence-electron chi connectivity index (χ3n) is 8.58. The number of hydrogen-bond donors (Lipinski definition) is 3. The van der Waals surface area contributed by atoms with E-state index >= 15 is 4.39 Å². The Balaban J connectivity index is 0.965. The van der Waals surface area contributed by atoms with Gasteiger partial charge in [0.1, 0.15) is 24.1 Å². The highest BCUT2D eigenvalue weighted by Gasteiger charge is 2.44. The number of imide groups is 2. The molecule has 0 spiro atoms. The van der Waals surface area contributed by atoms with Crippen molar-refractivity contribution in [1.29, 1.82) is 0 Å². The normalized spacial score (nSPS) is 15.9. The lowest BCUT2D eigenvalue weighted by Crippen LogP contribution is -2.54. The fourth-order valence-corrected chi connectivity index (χ4v) is 6.17. The number of amides is 6. The smallest absolute Gasteiger partial charge is 0.262 e. The van der Waals surface area contributed by atoms with Gasteiger partial charge in [-0.05, 0) is 54.4 Å². The summed E-state index contributed by atoms with van der Waals surface area (Å²) in [5, 5.41) is 9.51. The largest absolute Gasteiger partial charge is 0.350 e. The van der Waals surface area contributed by atoms with E-state index in [1.54, 1.807) is 12.3 Å². The number of para-hydroxylation sites is 1. The summed E-state index contributed by atoms with van der Waals surface area (Å²) in [6, 6.07) is 18.8. The molecule has 4 heterocycles. The standard InChI is InChI=1S/C35H27FN6O6/c36-26-14-19(16-38-30(44)18-41-27-6-2-1-4-22(27)23-5-3-13-37-31(23)41)7-8-21(26)17-39-32(45)20-9-10-24-25(15-20)35(48)42(34(24)47)28-11-12-29(43)40-33(28)46/h1-10,13-15,28H,11-12,16-18H2,(H,38,44)(H,39,45)(H,40,43,46). The molecule has 2 aliphatic rings. The minimum Gasteiger partial charge on any atom is -0.350 e. The number of piperidine rings is 1. The van der Waals surface area contributed by atoms with Crippen LogP contribution in [0.5, 0.6) is 0 Å². The van der Waals surface area contributed by atoms with Crippen molar-refractivity contribution in [3.8, 4) is 0 Å². The summed E-state index contributed by atoms with van der Waals surface area (Å²) < 4.78 is 16.9. The van der Waals surface area contributed by atoms with E-state index in [-0.39, 0.29) is 60.6 Å². The molecule has 13 heteroatoms. The molecule has 3 aromatic carbocycles. The van der Waals surface area contributed by atoms with E-state index in [2.05, 4.69) is 20.9 Å². The monoisotopic (exact) mass is 646 g/mol. The summed E-state index contributed by atoms with van der Waals surface area (Å²) in [4.78, 5) is 80.9. The lowest BCUT2D eigenvalue weighted by Gasteiger charge is -2.27. The summed E-state index contributed by atoms with van der Waals surface area (Å²) in [7, 11) is 0. The molecule has 48 heavy (non-hydrogen) atoms. The first-order chi connectivity index (χ1) is 23.2. The molecule has 0 radical (unpaired) electrons. The van der Waals surface area contributed by atoms with Crippen LogP contribution >= 0.6 is 0 Å². The van der Waals surface area contributed by atoms with Crippen LogP contribution < -0.4 is 16.0 Å². The van der Waals surface area contributed by atoms with Crippen molar-refractivity contribution in [2.75, 3.05) is 0 Å². The molecule has 2 aromatic heterocycles. The number of benzene rings is 3. The molecule has 240 valence electrons. The van der Waals surface area contributed by atoms with Crippen LogP contribution in [0.2, 0.25) is 0 Å². The number of carbonyl (C=O) groups is 6. The van der Waals surface area contributed by atoms with E-state index in [0.29, 0.717) is 11.2 Å². The molecular formula is C35H27FN6O6. The third kappa shape index (κ3) is 5.44. The van der Waals surface area contributed by atoms with Crippen molar-refractivity contribution in [2.45, 2.75) is 38.5 Å². The maximum Gasteiger partial charge on any atom is 0.262 e. The second-order valence-corrected chi connectivity index (χ2v) is 11.6. The first-order valence-corrected chi connectivity index (χ1v) is 15.2. The predicted octanol–water partition coefficient (Wildman–Crippen LogP) is 2.98. The zero-order chi connectivity index (χ0) is 33.5. The maximum absolute atomic E-state index is 15.0. The number of halogens is 1. The highest BCUT2D eigenvalue weighted by atomic mass is 19.1. The SMILES string of the molecule is O=C(Cn1c2ccccc2c2cccnc21)NCc1ccc(CNC(=O)c2ccc3c(c2)C(=O)N(C2CCC(=O)NC2=O)C3=O)c(F)c1. The molecule has 0 bridgehead atoms.